The second kappa shape index (κ2) is 26.2. The van der Waals surface area contributed by atoms with Crippen LogP contribution < -0.4 is 4.57 Å². The number of nitrogens with zero attached hydrogens (tertiary/aromatic N) is 1. The maximum atomic E-state index is 2.39. The van der Waals surface area contributed by atoms with Gasteiger partial charge in [-0.2, -0.15) is 0 Å². The molecule has 0 aromatic carbocycles. The van der Waals surface area contributed by atoms with E-state index in [1.165, 1.54) is 179 Å². The van der Waals surface area contributed by atoms with Crippen LogP contribution in [0.25, 0.3) is 0 Å². The molecule has 0 spiro atoms. The number of aromatic nitrogens is 1. The van der Waals surface area contributed by atoms with Crippen LogP contribution in [0.15, 0.2) is 24.5 Å². The van der Waals surface area contributed by atoms with E-state index in [1.54, 1.807) is 0 Å². The third-order valence-corrected chi connectivity index (χ3v) is 7.80. The first-order chi connectivity index (χ1) is 17.4. The van der Waals surface area contributed by atoms with Gasteiger partial charge < -0.3 is 0 Å². The summed E-state index contributed by atoms with van der Waals surface area (Å²) in [5.41, 5.74) is 1.53. The summed E-state index contributed by atoms with van der Waals surface area (Å²) in [6, 6.07) is 4.72. The van der Waals surface area contributed by atoms with Gasteiger partial charge in [0.05, 0.1) is 0 Å². The number of hydrogen-bond donors (Lipinski definition) is 0. The van der Waals surface area contributed by atoms with Gasteiger partial charge in [-0.1, -0.05) is 155 Å². The van der Waals surface area contributed by atoms with Gasteiger partial charge in [-0.15, -0.1) is 0 Å². The molecule has 0 aliphatic rings. The van der Waals surface area contributed by atoms with Crippen LogP contribution in [0.3, 0.4) is 0 Å². The molecule has 0 radical (unpaired) electrons. The van der Waals surface area contributed by atoms with E-state index in [-0.39, 0.29) is 0 Å². The van der Waals surface area contributed by atoms with Crippen molar-refractivity contribution in [1.29, 1.82) is 0 Å². The van der Waals surface area contributed by atoms with Gasteiger partial charge in [0.15, 0.2) is 12.4 Å². The summed E-state index contributed by atoms with van der Waals surface area (Å²) in [7, 11) is 0. The molecule has 1 heterocycles. The summed E-state index contributed by atoms with van der Waals surface area (Å²) in [4.78, 5) is 0. The predicted molar refractivity (Wildman–Crippen MR) is 157 cm³/mol. The van der Waals surface area contributed by atoms with E-state index in [9.17, 15) is 0 Å². The topological polar surface area (TPSA) is 3.88 Å². The third-order valence-electron chi connectivity index (χ3n) is 7.80. The summed E-state index contributed by atoms with van der Waals surface area (Å²) in [6.45, 7) is 5.79. The van der Waals surface area contributed by atoms with E-state index in [0.29, 0.717) is 0 Å². The molecule has 0 fully saturated rings. The number of pyridine rings is 1. The molecule has 0 N–H and O–H groups in total. The normalized spacial score (nSPS) is 11.4. The van der Waals surface area contributed by atoms with Crippen molar-refractivity contribution in [3.8, 4) is 0 Å². The first-order valence-corrected chi connectivity index (χ1v) is 16.3. The zero-order chi connectivity index (χ0) is 25.1. The predicted octanol–water partition coefficient (Wildman–Crippen LogP) is 11.3. The smallest absolute Gasteiger partial charge is 0.169 e. The van der Waals surface area contributed by atoms with Crippen LogP contribution in [0, 0.1) is 0 Å². The summed E-state index contributed by atoms with van der Waals surface area (Å²) in [5, 5.41) is 0. The Kier molecular flexibility index (Phi) is 24.1. The lowest BCUT2D eigenvalue weighted by atomic mass is 10.0. The molecule has 1 rings (SSSR count). The minimum atomic E-state index is 1.19. The lowest BCUT2D eigenvalue weighted by Crippen LogP contribution is -2.32. The molecule has 1 aromatic heterocycles. The lowest BCUT2D eigenvalue weighted by Gasteiger charge is -2.04. The van der Waals surface area contributed by atoms with Crippen LogP contribution in [0.2, 0.25) is 0 Å². The fourth-order valence-electron chi connectivity index (χ4n) is 5.29. The van der Waals surface area contributed by atoms with Crippen molar-refractivity contribution in [3.63, 3.8) is 0 Å². The highest BCUT2D eigenvalue weighted by molar-refractivity contribution is 5.07. The standard InChI is InChI=1S/C34H64N/c1-3-5-7-9-11-13-15-16-17-18-20-22-24-26-28-34-29-32-35(33-30-34)31-27-25-23-21-19-14-12-10-8-6-4-2/h29-30,32-33H,3-28,31H2,1-2H3/q+1. The Balaban J connectivity index is 1.86. The number of aryl methyl sites for hydroxylation is 2. The van der Waals surface area contributed by atoms with Gasteiger partial charge in [0.2, 0.25) is 0 Å². The monoisotopic (exact) mass is 487 g/mol. The van der Waals surface area contributed by atoms with Crippen molar-refractivity contribution in [3.05, 3.63) is 30.1 Å². The van der Waals surface area contributed by atoms with Crippen LogP contribution in [-0.4, -0.2) is 0 Å². The van der Waals surface area contributed by atoms with Crippen molar-refractivity contribution in [2.75, 3.05) is 0 Å². The molecule has 0 atom stereocenters. The SMILES string of the molecule is CCCCCCCCCCCCCCCCc1cc[n+](CCCCCCCCCCCCC)cc1. The van der Waals surface area contributed by atoms with Gasteiger partial charge in [0, 0.05) is 18.6 Å². The average Bonchev–Trinajstić information content (AvgIpc) is 2.88. The summed E-state index contributed by atoms with van der Waals surface area (Å²) in [6.07, 6.45) is 41.7. The zero-order valence-electron chi connectivity index (χ0n) is 24.3. The maximum Gasteiger partial charge on any atom is 0.169 e. The minimum absolute atomic E-state index is 1.19. The molecule has 1 heteroatoms. The number of unbranched alkanes of at least 4 members (excludes halogenated alkanes) is 23. The highest BCUT2D eigenvalue weighted by atomic mass is 14.9. The van der Waals surface area contributed by atoms with E-state index < -0.39 is 0 Å². The molecule has 204 valence electrons. The Morgan fingerprint density at radius 2 is 0.714 bits per heavy atom. The van der Waals surface area contributed by atoms with E-state index in [4.69, 9.17) is 0 Å². The van der Waals surface area contributed by atoms with Crippen molar-refractivity contribution in [2.45, 2.75) is 187 Å². The Morgan fingerprint density at radius 1 is 0.400 bits per heavy atom. The first kappa shape index (κ1) is 32.2. The molecule has 0 saturated heterocycles. The fraction of sp³-hybridized carbons (Fsp3) is 0.853. The van der Waals surface area contributed by atoms with Crippen LogP contribution in [0.1, 0.15) is 180 Å². The molecule has 1 aromatic rings. The van der Waals surface area contributed by atoms with Gasteiger partial charge in [0.1, 0.15) is 6.54 Å². The average molecular weight is 487 g/mol. The molecule has 0 aliphatic carbocycles. The quantitative estimate of drug-likeness (QED) is 0.0859. The van der Waals surface area contributed by atoms with Gasteiger partial charge in [-0.05, 0) is 24.8 Å². The van der Waals surface area contributed by atoms with Crippen LogP contribution in [0.5, 0.6) is 0 Å². The second-order valence-electron chi connectivity index (χ2n) is 11.3. The molecule has 0 aliphatic heterocycles. The van der Waals surface area contributed by atoms with Gasteiger partial charge >= 0.3 is 0 Å². The molecule has 0 amide bonds. The lowest BCUT2D eigenvalue weighted by molar-refractivity contribution is -0.697. The Bertz CT molecular complexity index is 520. The summed E-state index contributed by atoms with van der Waals surface area (Å²) < 4.78 is 2.39. The maximum absolute atomic E-state index is 2.39. The van der Waals surface area contributed by atoms with Gasteiger partial charge in [-0.3, -0.25) is 0 Å². The summed E-state index contributed by atoms with van der Waals surface area (Å²) in [5.74, 6) is 0. The van der Waals surface area contributed by atoms with E-state index in [0.717, 1.165) is 0 Å². The van der Waals surface area contributed by atoms with Gasteiger partial charge in [-0.25, -0.2) is 4.57 Å². The zero-order valence-corrected chi connectivity index (χ0v) is 24.3. The van der Waals surface area contributed by atoms with E-state index >= 15 is 0 Å². The largest absolute Gasteiger partial charge is 0.205 e. The van der Waals surface area contributed by atoms with Gasteiger partial charge in [0.25, 0.3) is 0 Å². The highest BCUT2D eigenvalue weighted by Gasteiger charge is 2.02. The van der Waals surface area contributed by atoms with Crippen molar-refractivity contribution in [2.24, 2.45) is 0 Å². The molecule has 1 nitrogen and oxygen atoms in total. The highest BCUT2D eigenvalue weighted by Crippen LogP contribution is 2.14. The van der Waals surface area contributed by atoms with Crippen LogP contribution >= 0.6 is 0 Å². The van der Waals surface area contributed by atoms with Crippen molar-refractivity contribution in [1.82, 2.24) is 0 Å². The molecule has 35 heavy (non-hydrogen) atoms. The van der Waals surface area contributed by atoms with E-state index in [2.05, 4.69) is 42.9 Å². The minimum Gasteiger partial charge on any atom is -0.205 e. The Labute approximate surface area is 221 Å². The molecular formula is C34H64N+. The molecular weight excluding hydrogens is 422 g/mol. The Hall–Kier alpha value is -0.850. The fourth-order valence-corrected chi connectivity index (χ4v) is 5.29. The van der Waals surface area contributed by atoms with Crippen molar-refractivity contribution < 1.29 is 4.57 Å². The number of hydrogen-bond acceptors (Lipinski definition) is 0. The first-order valence-electron chi connectivity index (χ1n) is 16.3. The van der Waals surface area contributed by atoms with E-state index in [1.807, 2.05) is 0 Å². The Morgan fingerprint density at radius 3 is 1.09 bits per heavy atom. The molecule has 0 unspecified atom stereocenters. The molecule has 0 saturated carbocycles. The number of rotatable bonds is 27. The second-order valence-corrected chi connectivity index (χ2v) is 11.3. The third kappa shape index (κ3) is 22.1. The molecule has 0 bridgehead atoms. The van der Waals surface area contributed by atoms with Crippen LogP contribution in [0.4, 0.5) is 0 Å². The van der Waals surface area contributed by atoms with Crippen LogP contribution in [-0.2, 0) is 13.0 Å². The van der Waals surface area contributed by atoms with Crippen molar-refractivity contribution >= 4 is 0 Å². The summed E-state index contributed by atoms with van der Waals surface area (Å²) >= 11 is 0.